The van der Waals surface area contributed by atoms with Gasteiger partial charge in [-0.05, 0) is 36.4 Å². The summed E-state index contributed by atoms with van der Waals surface area (Å²) in [7, 11) is 0. The Morgan fingerprint density at radius 2 is 0.786 bits per heavy atom. The minimum absolute atomic E-state index is 0. The third-order valence-electron chi connectivity index (χ3n) is 2.65. The van der Waals surface area contributed by atoms with Gasteiger partial charge in [-0.3, -0.25) is 0 Å². The molecule has 145 valence electrons. The molecule has 0 spiro atoms. The molecule has 9 nitrogen and oxygen atoms in total. The van der Waals surface area contributed by atoms with Crippen molar-refractivity contribution in [3.8, 4) is 0 Å². The van der Waals surface area contributed by atoms with Gasteiger partial charge in [0.05, 0.1) is 0 Å². The van der Waals surface area contributed by atoms with Crippen LogP contribution in [0.1, 0.15) is 31.5 Å². The fourth-order valence-electron chi connectivity index (χ4n) is 1.47. The maximum absolute atomic E-state index is 10.1. The van der Waals surface area contributed by atoms with Gasteiger partial charge in [0.2, 0.25) is 0 Å². The summed E-state index contributed by atoms with van der Waals surface area (Å²) >= 11 is 0. The van der Waals surface area contributed by atoms with Gasteiger partial charge in [0.15, 0.2) is 0 Å². The molecule has 0 saturated carbocycles. The van der Waals surface area contributed by atoms with E-state index in [-0.39, 0.29) is 66.5 Å². The van der Waals surface area contributed by atoms with Gasteiger partial charge in [0.1, 0.15) is 17.1 Å². The zero-order chi connectivity index (χ0) is 20.1. The summed E-state index contributed by atoms with van der Waals surface area (Å²) in [6, 6.07) is 14.3. The molecule has 3 aromatic rings. The summed E-state index contributed by atoms with van der Waals surface area (Å²) in [5, 5.41) is 25.0. The van der Waals surface area contributed by atoms with E-state index in [1.165, 1.54) is 36.8 Å². The first-order valence-corrected chi connectivity index (χ1v) is 7.34. The second-order valence-electron chi connectivity index (χ2n) is 4.56. The zero-order valence-electron chi connectivity index (χ0n) is 14.2. The Bertz CT molecular complexity index is 747. The molecule has 0 atom stereocenters. The Morgan fingerprint density at radius 1 is 0.536 bits per heavy atom. The van der Waals surface area contributed by atoms with Gasteiger partial charge in [-0.15, -0.1) is 0 Å². The van der Waals surface area contributed by atoms with Crippen molar-refractivity contribution in [1.29, 1.82) is 0 Å². The first-order valence-electron chi connectivity index (χ1n) is 7.34. The van der Waals surface area contributed by atoms with Crippen molar-refractivity contribution in [1.82, 2.24) is 15.0 Å². The second kappa shape index (κ2) is 14.5. The Hall–Kier alpha value is -2.56. The number of carboxylic acids is 3. The molecule has 3 aromatic heterocycles. The number of carboxylic acid groups (broad SMARTS) is 3. The minimum Gasteiger partial charge on any atom is -0.477 e. The summed E-state index contributed by atoms with van der Waals surface area (Å²) < 4.78 is 0. The van der Waals surface area contributed by atoms with E-state index in [0.29, 0.717) is 0 Å². The second-order valence-corrected chi connectivity index (χ2v) is 4.56. The van der Waals surface area contributed by atoms with Gasteiger partial charge in [-0.1, -0.05) is 18.2 Å². The molecule has 0 fully saturated rings. The van der Waals surface area contributed by atoms with Crippen LogP contribution in [-0.4, -0.2) is 48.2 Å². The van der Waals surface area contributed by atoms with E-state index >= 15 is 0 Å². The van der Waals surface area contributed by atoms with Crippen molar-refractivity contribution in [3.05, 3.63) is 90.3 Å². The molecule has 3 heterocycles. The van der Waals surface area contributed by atoms with Crippen LogP contribution in [0.2, 0.25) is 0 Å². The smallest absolute Gasteiger partial charge is 0.354 e. The van der Waals surface area contributed by atoms with Crippen LogP contribution in [0, 0.1) is 49.4 Å². The van der Waals surface area contributed by atoms with Crippen LogP contribution in [0.25, 0.3) is 0 Å². The first-order chi connectivity index (χ1) is 12.9. The van der Waals surface area contributed by atoms with E-state index < -0.39 is 17.9 Å². The summed E-state index contributed by atoms with van der Waals surface area (Å²) in [5.74, 6) is -2.97. The standard InChI is InChI=1S/3C6H5NO2.Eu/c3*8-6(9)5-3-1-2-4-7-5;/h3*1-4H,(H,8,9);. The number of hydrogen-bond donors (Lipinski definition) is 3. The van der Waals surface area contributed by atoms with Crippen molar-refractivity contribution in [2.45, 2.75) is 0 Å². The topological polar surface area (TPSA) is 151 Å². The summed E-state index contributed by atoms with van der Waals surface area (Å²) in [4.78, 5) is 41.2. The molecule has 3 N–H and O–H groups in total. The number of aromatic nitrogens is 3. The van der Waals surface area contributed by atoms with E-state index in [4.69, 9.17) is 15.3 Å². The van der Waals surface area contributed by atoms with E-state index in [1.807, 2.05) is 0 Å². The van der Waals surface area contributed by atoms with Crippen molar-refractivity contribution >= 4 is 17.9 Å². The van der Waals surface area contributed by atoms with Gasteiger partial charge in [-0.25, -0.2) is 29.3 Å². The first kappa shape index (κ1) is 25.4. The number of hydrogen-bond acceptors (Lipinski definition) is 6. The molecule has 10 heteroatoms. The molecule has 0 unspecified atom stereocenters. The largest absolute Gasteiger partial charge is 0.477 e. The van der Waals surface area contributed by atoms with Gasteiger partial charge < -0.3 is 15.3 Å². The van der Waals surface area contributed by atoms with E-state index in [0.717, 1.165) is 0 Å². The van der Waals surface area contributed by atoms with Crippen molar-refractivity contribution in [2.24, 2.45) is 0 Å². The molecule has 0 amide bonds. The van der Waals surface area contributed by atoms with Crippen molar-refractivity contribution < 1.29 is 79.1 Å². The van der Waals surface area contributed by atoms with Gasteiger partial charge in [-0.2, -0.15) is 0 Å². The Kier molecular flexibility index (Phi) is 13.2. The average molecular weight is 521 g/mol. The molecular formula is C18H15EuN3O6. The fraction of sp³-hybridized carbons (Fsp3) is 0. The minimum atomic E-state index is -0.990. The van der Waals surface area contributed by atoms with Gasteiger partial charge in [0, 0.05) is 68.0 Å². The predicted octanol–water partition coefficient (Wildman–Crippen LogP) is 2.34. The quantitative estimate of drug-likeness (QED) is 0.472. The summed E-state index contributed by atoms with van der Waals surface area (Å²) in [6.07, 6.45) is 4.34. The maximum atomic E-state index is 10.1. The molecule has 0 aliphatic carbocycles. The molecule has 1 radical (unpaired) electrons. The normalized spacial score (nSPS) is 8.57. The molecule has 0 aromatic carbocycles. The average Bonchev–Trinajstić information content (AvgIpc) is 2.71. The Balaban J connectivity index is 0.000000384. The van der Waals surface area contributed by atoms with Crippen LogP contribution in [0.15, 0.2) is 73.2 Å². The van der Waals surface area contributed by atoms with E-state index in [1.54, 1.807) is 36.4 Å². The van der Waals surface area contributed by atoms with Crippen LogP contribution >= 0.6 is 0 Å². The third-order valence-corrected chi connectivity index (χ3v) is 2.65. The number of carbonyl (C=O) groups is 3. The summed E-state index contributed by atoms with van der Waals surface area (Å²) in [5.41, 5.74) is 0.243. The van der Waals surface area contributed by atoms with Gasteiger partial charge >= 0.3 is 17.9 Å². The number of pyridine rings is 3. The molecule has 3 rings (SSSR count). The fourth-order valence-corrected chi connectivity index (χ4v) is 1.47. The van der Waals surface area contributed by atoms with Crippen molar-refractivity contribution in [3.63, 3.8) is 0 Å². The number of rotatable bonds is 3. The van der Waals surface area contributed by atoms with Crippen LogP contribution < -0.4 is 0 Å². The molecule has 0 saturated heterocycles. The van der Waals surface area contributed by atoms with Crippen LogP contribution in [0.3, 0.4) is 0 Å². The molecule has 0 aliphatic rings. The van der Waals surface area contributed by atoms with Crippen LogP contribution in [0.5, 0.6) is 0 Å². The van der Waals surface area contributed by atoms with E-state index in [9.17, 15) is 14.4 Å². The van der Waals surface area contributed by atoms with Gasteiger partial charge in [0.25, 0.3) is 0 Å². The zero-order valence-corrected chi connectivity index (χ0v) is 16.6. The Morgan fingerprint density at radius 3 is 0.893 bits per heavy atom. The van der Waals surface area contributed by atoms with Crippen molar-refractivity contribution in [2.75, 3.05) is 0 Å². The third kappa shape index (κ3) is 10.6. The number of nitrogens with zero attached hydrogens (tertiary/aromatic N) is 3. The maximum Gasteiger partial charge on any atom is 0.354 e. The Labute approximate surface area is 200 Å². The monoisotopic (exact) mass is 522 g/mol. The molecule has 0 bridgehead atoms. The summed E-state index contributed by atoms with van der Waals surface area (Å²) in [6.45, 7) is 0. The molecular weight excluding hydrogens is 506 g/mol. The predicted molar refractivity (Wildman–Crippen MR) is 93.6 cm³/mol. The van der Waals surface area contributed by atoms with E-state index in [2.05, 4.69) is 15.0 Å². The molecule has 0 aliphatic heterocycles. The van der Waals surface area contributed by atoms with Crippen LogP contribution in [-0.2, 0) is 0 Å². The van der Waals surface area contributed by atoms with Crippen LogP contribution in [0.4, 0.5) is 0 Å². The number of aromatic carboxylic acids is 3. The molecule has 28 heavy (non-hydrogen) atoms. The SMILES string of the molecule is O=C(O)c1ccccn1.O=C(O)c1ccccn1.O=C(O)c1ccccn1.[Eu].